The van der Waals surface area contributed by atoms with Crippen LogP contribution in [0, 0.1) is 5.92 Å². The topological polar surface area (TPSA) is 17.1 Å². The molecule has 0 saturated heterocycles. The Kier molecular flexibility index (Phi) is 1.99. The van der Waals surface area contributed by atoms with Crippen molar-refractivity contribution in [3.8, 4) is 0 Å². The van der Waals surface area contributed by atoms with Crippen molar-refractivity contribution in [2.45, 2.75) is 19.8 Å². The van der Waals surface area contributed by atoms with Crippen LogP contribution in [-0.2, 0) is 6.42 Å². The molecule has 0 aliphatic heterocycles. The molecule has 1 nitrogen and oxygen atoms in total. The van der Waals surface area contributed by atoms with Crippen molar-refractivity contribution in [2.75, 3.05) is 0 Å². The Balaban J connectivity index is 2.50. The minimum atomic E-state index is 0.218. The predicted octanol–water partition coefficient (Wildman–Crippen LogP) is 0.710. The van der Waals surface area contributed by atoms with Crippen molar-refractivity contribution >= 4 is 19.1 Å². The fourth-order valence-electron chi connectivity index (χ4n) is 1.94. The van der Waals surface area contributed by atoms with Crippen LogP contribution in [0.5, 0.6) is 0 Å². The minimum Gasteiger partial charge on any atom is -0.294 e. The van der Waals surface area contributed by atoms with Crippen molar-refractivity contribution in [1.29, 1.82) is 0 Å². The van der Waals surface area contributed by atoms with Gasteiger partial charge in [0.15, 0.2) is 5.78 Å². The SMILES string of the molecule is Bc1ccc2c(c1)CCC(C)C2=O. The molecule has 0 N–H and O–H groups in total. The van der Waals surface area contributed by atoms with Gasteiger partial charge in [-0.3, -0.25) is 4.79 Å². The number of Topliss-reactive ketones (excluding diaryl/α,β-unsaturated/α-hetero) is 1. The minimum absolute atomic E-state index is 0.218. The van der Waals surface area contributed by atoms with E-state index in [9.17, 15) is 4.79 Å². The molecule has 0 aromatic heterocycles. The highest BCUT2D eigenvalue weighted by Gasteiger charge is 2.23. The lowest BCUT2D eigenvalue weighted by Gasteiger charge is -2.20. The lowest BCUT2D eigenvalue weighted by molar-refractivity contribution is 0.0914. The van der Waals surface area contributed by atoms with Crippen LogP contribution in [0.15, 0.2) is 18.2 Å². The van der Waals surface area contributed by atoms with Crippen molar-refractivity contribution < 1.29 is 4.79 Å². The quantitative estimate of drug-likeness (QED) is 0.526. The Morgan fingerprint density at radius 2 is 2.23 bits per heavy atom. The zero-order valence-electron chi connectivity index (χ0n) is 8.13. The summed E-state index contributed by atoms with van der Waals surface area (Å²) in [6.45, 7) is 2.02. The second kappa shape index (κ2) is 3.02. The Hall–Kier alpha value is -1.05. The monoisotopic (exact) mass is 172 g/mol. The molecule has 1 unspecified atom stereocenters. The van der Waals surface area contributed by atoms with Gasteiger partial charge >= 0.3 is 0 Å². The van der Waals surface area contributed by atoms with E-state index in [1.165, 1.54) is 11.0 Å². The van der Waals surface area contributed by atoms with Gasteiger partial charge in [0.1, 0.15) is 7.85 Å². The third kappa shape index (κ3) is 1.41. The van der Waals surface area contributed by atoms with Gasteiger partial charge < -0.3 is 0 Å². The first kappa shape index (κ1) is 8.55. The maximum absolute atomic E-state index is 11.7. The second-order valence-electron chi connectivity index (χ2n) is 3.96. The number of rotatable bonds is 0. The Bertz CT molecular complexity index is 357. The maximum Gasteiger partial charge on any atom is 0.165 e. The van der Waals surface area contributed by atoms with E-state index in [-0.39, 0.29) is 5.92 Å². The lowest BCUT2D eigenvalue weighted by Crippen LogP contribution is -2.21. The number of hydrogen-bond acceptors (Lipinski definition) is 1. The largest absolute Gasteiger partial charge is 0.294 e. The van der Waals surface area contributed by atoms with Gasteiger partial charge in [-0.05, 0) is 18.4 Å². The van der Waals surface area contributed by atoms with Crippen LogP contribution in [0.25, 0.3) is 0 Å². The van der Waals surface area contributed by atoms with Crippen molar-refractivity contribution in [2.24, 2.45) is 5.92 Å². The zero-order chi connectivity index (χ0) is 9.42. The van der Waals surface area contributed by atoms with E-state index < -0.39 is 0 Å². The van der Waals surface area contributed by atoms with Gasteiger partial charge in [0.2, 0.25) is 0 Å². The number of hydrogen-bond donors (Lipinski definition) is 0. The van der Waals surface area contributed by atoms with E-state index in [4.69, 9.17) is 0 Å². The molecular formula is C11H13BO. The van der Waals surface area contributed by atoms with E-state index >= 15 is 0 Å². The molecule has 1 aliphatic rings. The van der Waals surface area contributed by atoms with Crippen LogP contribution in [0.2, 0.25) is 0 Å². The molecular weight excluding hydrogens is 159 g/mol. The second-order valence-corrected chi connectivity index (χ2v) is 3.96. The molecule has 1 aliphatic carbocycles. The molecule has 0 amide bonds. The van der Waals surface area contributed by atoms with E-state index in [0.29, 0.717) is 5.78 Å². The summed E-state index contributed by atoms with van der Waals surface area (Å²) < 4.78 is 0. The molecule has 2 rings (SSSR count). The van der Waals surface area contributed by atoms with Crippen LogP contribution in [0.1, 0.15) is 29.3 Å². The van der Waals surface area contributed by atoms with Crippen LogP contribution in [-0.4, -0.2) is 13.6 Å². The number of carbonyl (C=O) groups excluding carboxylic acids is 1. The molecule has 66 valence electrons. The molecule has 13 heavy (non-hydrogen) atoms. The Morgan fingerprint density at radius 3 is 3.00 bits per heavy atom. The van der Waals surface area contributed by atoms with E-state index in [0.717, 1.165) is 18.4 Å². The molecule has 0 radical (unpaired) electrons. The fourth-order valence-corrected chi connectivity index (χ4v) is 1.94. The zero-order valence-corrected chi connectivity index (χ0v) is 8.13. The van der Waals surface area contributed by atoms with Crippen molar-refractivity contribution in [3.05, 3.63) is 29.3 Å². The van der Waals surface area contributed by atoms with Crippen molar-refractivity contribution in [1.82, 2.24) is 0 Å². The van der Waals surface area contributed by atoms with Gasteiger partial charge in [0.05, 0.1) is 0 Å². The van der Waals surface area contributed by atoms with Crippen LogP contribution in [0.4, 0.5) is 0 Å². The smallest absolute Gasteiger partial charge is 0.165 e. The molecule has 0 fully saturated rings. The van der Waals surface area contributed by atoms with Gasteiger partial charge in [0, 0.05) is 11.5 Å². The van der Waals surface area contributed by atoms with Gasteiger partial charge in [-0.2, -0.15) is 0 Å². The van der Waals surface area contributed by atoms with Crippen LogP contribution >= 0.6 is 0 Å². The maximum atomic E-state index is 11.7. The molecule has 0 saturated carbocycles. The highest BCUT2D eigenvalue weighted by Crippen LogP contribution is 2.23. The lowest BCUT2D eigenvalue weighted by atomic mass is 9.81. The third-order valence-corrected chi connectivity index (χ3v) is 2.82. The van der Waals surface area contributed by atoms with E-state index in [1.807, 2.05) is 19.1 Å². The number of ketones is 1. The number of carbonyl (C=O) groups is 1. The normalized spacial score (nSPS) is 21.3. The first-order chi connectivity index (χ1) is 6.18. The van der Waals surface area contributed by atoms with Gasteiger partial charge in [0.25, 0.3) is 0 Å². The van der Waals surface area contributed by atoms with Crippen molar-refractivity contribution in [3.63, 3.8) is 0 Å². The van der Waals surface area contributed by atoms with E-state index in [1.54, 1.807) is 0 Å². The summed E-state index contributed by atoms with van der Waals surface area (Å²) in [6, 6.07) is 6.14. The molecule has 0 heterocycles. The highest BCUT2D eigenvalue weighted by molar-refractivity contribution is 6.32. The summed E-state index contributed by atoms with van der Waals surface area (Å²) in [4.78, 5) is 11.7. The average molecular weight is 172 g/mol. The molecule has 1 aromatic carbocycles. The summed E-state index contributed by atoms with van der Waals surface area (Å²) >= 11 is 0. The van der Waals surface area contributed by atoms with Gasteiger partial charge in [-0.25, -0.2) is 0 Å². The molecule has 1 atom stereocenters. The standard InChI is InChI=1S/C11H13BO/c1-7-2-3-8-6-9(12)4-5-10(8)11(7)13/h4-7H,2-3,12H2,1H3. The summed E-state index contributed by atoms with van der Waals surface area (Å²) in [5, 5.41) is 0. The van der Waals surface area contributed by atoms with E-state index in [2.05, 4.69) is 13.9 Å². The predicted molar refractivity (Wildman–Crippen MR) is 56.4 cm³/mol. The first-order valence-electron chi connectivity index (χ1n) is 4.82. The fraction of sp³-hybridized carbons (Fsp3) is 0.364. The highest BCUT2D eigenvalue weighted by atomic mass is 16.1. The first-order valence-corrected chi connectivity index (χ1v) is 4.82. The summed E-state index contributed by atoms with van der Waals surface area (Å²) in [5.41, 5.74) is 3.44. The molecule has 2 heteroatoms. The molecule has 0 spiro atoms. The van der Waals surface area contributed by atoms with Crippen LogP contribution in [0.3, 0.4) is 0 Å². The Morgan fingerprint density at radius 1 is 1.46 bits per heavy atom. The summed E-state index contributed by atoms with van der Waals surface area (Å²) in [5.74, 6) is 0.538. The van der Waals surface area contributed by atoms with Crippen LogP contribution < -0.4 is 5.46 Å². The molecule has 1 aromatic rings. The Labute approximate surface area is 79.6 Å². The average Bonchev–Trinajstić information content (AvgIpc) is 2.12. The number of fused-ring (bicyclic) bond motifs is 1. The summed E-state index contributed by atoms with van der Waals surface area (Å²) in [7, 11) is 2.07. The van der Waals surface area contributed by atoms with Gasteiger partial charge in [-0.15, -0.1) is 0 Å². The number of aryl methyl sites for hydroxylation is 1. The van der Waals surface area contributed by atoms with Gasteiger partial charge in [-0.1, -0.05) is 30.6 Å². The summed E-state index contributed by atoms with van der Waals surface area (Å²) in [6.07, 6.45) is 2.07. The molecule has 0 bridgehead atoms. The third-order valence-electron chi connectivity index (χ3n) is 2.82. The number of benzene rings is 1.